The third-order valence-corrected chi connectivity index (χ3v) is 5.21. The summed E-state index contributed by atoms with van der Waals surface area (Å²) in [6.07, 6.45) is 2.03. The van der Waals surface area contributed by atoms with Crippen LogP contribution in [0.4, 0.5) is 0 Å². The molecule has 2 aromatic rings. The minimum Gasteiger partial charge on any atom is -0.304 e. The molecule has 22 heavy (non-hydrogen) atoms. The number of likely N-dealkylation sites (tertiary alicyclic amines) is 1. The molecule has 0 aliphatic carbocycles. The van der Waals surface area contributed by atoms with Gasteiger partial charge < -0.3 is 4.90 Å². The van der Waals surface area contributed by atoms with Gasteiger partial charge in [-0.1, -0.05) is 44.2 Å². The highest BCUT2D eigenvalue weighted by atomic mass is 32.1. The van der Waals surface area contributed by atoms with Crippen molar-refractivity contribution in [1.82, 2.24) is 14.8 Å². The van der Waals surface area contributed by atoms with Crippen LogP contribution in [0.25, 0.3) is 0 Å². The zero-order valence-corrected chi connectivity index (χ0v) is 14.7. The molecule has 1 aromatic carbocycles. The fraction of sp³-hybridized carbons (Fsp3) is 0.500. The molecule has 0 radical (unpaired) electrons. The quantitative estimate of drug-likeness (QED) is 0.837. The van der Waals surface area contributed by atoms with Crippen LogP contribution in [0.15, 0.2) is 36.5 Å². The van der Waals surface area contributed by atoms with Crippen molar-refractivity contribution in [2.45, 2.75) is 33.0 Å². The Labute approximate surface area is 137 Å². The lowest BCUT2D eigenvalue weighted by atomic mass is 9.72. The molecule has 4 heteroatoms. The number of hydrogen-bond acceptors (Lipinski definition) is 4. The maximum Gasteiger partial charge on any atom is 0.107 e. The molecule has 2 heterocycles. The first-order chi connectivity index (χ1) is 10.5. The standard InChI is InChI=1S/C18H25N3S/c1-18(2)13-21(17(18)14-8-6-5-7-9-14)12-16-19-10-15(22-16)11-20(3)4/h5-10,17H,11-13H2,1-4H3. The Morgan fingerprint density at radius 2 is 2.00 bits per heavy atom. The number of rotatable bonds is 5. The monoisotopic (exact) mass is 315 g/mol. The van der Waals surface area contributed by atoms with Gasteiger partial charge in [-0.05, 0) is 25.1 Å². The summed E-state index contributed by atoms with van der Waals surface area (Å²) in [5, 5.41) is 1.23. The highest BCUT2D eigenvalue weighted by Gasteiger charge is 2.46. The summed E-state index contributed by atoms with van der Waals surface area (Å²) >= 11 is 1.84. The number of benzene rings is 1. The summed E-state index contributed by atoms with van der Waals surface area (Å²) in [5.41, 5.74) is 1.76. The highest BCUT2D eigenvalue weighted by Crippen LogP contribution is 2.48. The van der Waals surface area contributed by atoms with Crippen LogP contribution in [0, 0.1) is 5.41 Å². The number of nitrogens with zero attached hydrogens (tertiary/aromatic N) is 3. The molecule has 1 aliphatic heterocycles. The maximum absolute atomic E-state index is 4.62. The average Bonchev–Trinajstić information content (AvgIpc) is 2.85. The Balaban J connectivity index is 1.71. The molecular formula is C18H25N3S. The third kappa shape index (κ3) is 3.24. The minimum absolute atomic E-state index is 0.338. The lowest BCUT2D eigenvalue weighted by Crippen LogP contribution is -2.54. The van der Waals surface area contributed by atoms with Crippen molar-refractivity contribution < 1.29 is 0 Å². The van der Waals surface area contributed by atoms with E-state index in [2.05, 4.69) is 73.1 Å². The summed E-state index contributed by atoms with van der Waals surface area (Å²) < 4.78 is 0. The van der Waals surface area contributed by atoms with Crippen LogP contribution in [-0.2, 0) is 13.1 Å². The van der Waals surface area contributed by atoms with Gasteiger partial charge in [0.05, 0.1) is 6.54 Å². The Bertz CT molecular complexity index is 618. The molecule has 0 saturated carbocycles. The van der Waals surface area contributed by atoms with Crippen LogP contribution in [0.5, 0.6) is 0 Å². The second-order valence-corrected chi connectivity index (χ2v) is 8.36. The van der Waals surface area contributed by atoms with Crippen LogP contribution in [0.1, 0.15) is 35.3 Å². The van der Waals surface area contributed by atoms with Gasteiger partial charge in [0, 0.05) is 30.2 Å². The Morgan fingerprint density at radius 1 is 1.27 bits per heavy atom. The lowest BCUT2D eigenvalue weighted by molar-refractivity contribution is -0.0588. The topological polar surface area (TPSA) is 19.4 Å². The summed E-state index contributed by atoms with van der Waals surface area (Å²) in [6.45, 7) is 7.79. The predicted octanol–water partition coefficient (Wildman–Crippen LogP) is 3.79. The van der Waals surface area contributed by atoms with Gasteiger partial charge in [0.1, 0.15) is 5.01 Å². The fourth-order valence-corrected chi connectivity index (χ4v) is 4.57. The van der Waals surface area contributed by atoms with Crippen molar-refractivity contribution >= 4 is 11.3 Å². The molecular weight excluding hydrogens is 290 g/mol. The molecule has 1 fully saturated rings. The van der Waals surface area contributed by atoms with Gasteiger partial charge in [-0.15, -0.1) is 11.3 Å². The van der Waals surface area contributed by atoms with E-state index in [0.29, 0.717) is 11.5 Å². The van der Waals surface area contributed by atoms with Gasteiger partial charge >= 0.3 is 0 Å². The van der Waals surface area contributed by atoms with Crippen molar-refractivity contribution in [2.24, 2.45) is 5.41 Å². The third-order valence-electron chi connectivity index (χ3n) is 4.24. The molecule has 1 aliphatic rings. The SMILES string of the molecule is CN(C)Cc1cnc(CN2CC(C)(C)C2c2ccccc2)s1. The molecule has 1 saturated heterocycles. The Hall–Kier alpha value is -1.23. The normalized spacial score (nSPS) is 21.0. The summed E-state index contributed by atoms with van der Waals surface area (Å²) in [6, 6.07) is 11.4. The van der Waals surface area contributed by atoms with Gasteiger partial charge in [0.15, 0.2) is 0 Å². The molecule has 0 N–H and O–H groups in total. The average molecular weight is 315 g/mol. The van der Waals surface area contributed by atoms with E-state index in [1.165, 1.54) is 15.4 Å². The first kappa shape index (κ1) is 15.7. The van der Waals surface area contributed by atoms with Crippen molar-refractivity contribution in [1.29, 1.82) is 0 Å². The molecule has 3 rings (SSSR count). The zero-order valence-electron chi connectivity index (χ0n) is 13.9. The van der Waals surface area contributed by atoms with Crippen molar-refractivity contribution in [3.05, 3.63) is 52.0 Å². The molecule has 1 aromatic heterocycles. The van der Waals surface area contributed by atoms with E-state index >= 15 is 0 Å². The van der Waals surface area contributed by atoms with Gasteiger partial charge in [-0.3, -0.25) is 4.90 Å². The summed E-state index contributed by atoms with van der Waals surface area (Å²) in [4.78, 5) is 10.7. The largest absolute Gasteiger partial charge is 0.304 e. The second kappa shape index (κ2) is 6.11. The van der Waals surface area contributed by atoms with Gasteiger partial charge in [-0.25, -0.2) is 4.98 Å². The van der Waals surface area contributed by atoms with E-state index in [9.17, 15) is 0 Å². The lowest BCUT2D eigenvalue weighted by Gasteiger charge is -2.54. The first-order valence-electron chi connectivity index (χ1n) is 7.83. The number of aromatic nitrogens is 1. The van der Waals surface area contributed by atoms with Gasteiger partial charge in [-0.2, -0.15) is 0 Å². The van der Waals surface area contributed by atoms with Crippen molar-refractivity contribution in [3.63, 3.8) is 0 Å². The Kier molecular flexibility index (Phi) is 4.35. The highest BCUT2D eigenvalue weighted by molar-refractivity contribution is 7.11. The van der Waals surface area contributed by atoms with Crippen LogP contribution in [0.2, 0.25) is 0 Å². The van der Waals surface area contributed by atoms with Crippen LogP contribution in [0.3, 0.4) is 0 Å². The number of hydrogen-bond donors (Lipinski definition) is 0. The fourth-order valence-electron chi connectivity index (χ4n) is 3.51. The molecule has 0 spiro atoms. The van der Waals surface area contributed by atoms with E-state index in [-0.39, 0.29) is 0 Å². The van der Waals surface area contributed by atoms with Crippen molar-refractivity contribution in [2.75, 3.05) is 20.6 Å². The van der Waals surface area contributed by atoms with Gasteiger partial charge in [0.2, 0.25) is 0 Å². The van der Waals surface area contributed by atoms with E-state index in [4.69, 9.17) is 0 Å². The van der Waals surface area contributed by atoms with Crippen LogP contribution < -0.4 is 0 Å². The molecule has 0 bridgehead atoms. The van der Waals surface area contributed by atoms with E-state index < -0.39 is 0 Å². The van der Waals surface area contributed by atoms with Crippen LogP contribution in [-0.4, -0.2) is 35.4 Å². The molecule has 3 nitrogen and oxygen atoms in total. The Morgan fingerprint density at radius 3 is 2.64 bits per heavy atom. The molecule has 1 unspecified atom stereocenters. The summed E-state index contributed by atoms with van der Waals surface area (Å²) in [5.74, 6) is 0. The number of thiazole rings is 1. The zero-order chi connectivity index (χ0) is 15.7. The van der Waals surface area contributed by atoms with E-state index in [0.717, 1.165) is 19.6 Å². The molecule has 118 valence electrons. The van der Waals surface area contributed by atoms with Crippen LogP contribution >= 0.6 is 11.3 Å². The predicted molar refractivity (Wildman–Crippen MR) is 92.9 cm³/mol. The summed E-state index contributed by atoms with van der Waals surface area (Å²) in [7, 11) is 4.20. The van der Waals surface area contributed by atoms with E-state index in [1.807, 2.05) is 17.5 Å². The molecule has 1 atom stereocenters. The maximum atomic E-state index is 4.62. The smallest absolute Gasteiger partial charge is 0.107 e. The van der Waals surface area contributed by atoms with Gasteiger partial charge in [0.25, 0.3) is 0 Å². The molecule has 0 amide bonds. The minimum atomic E-state index is 0.338. The van der Waals surface area contributed by atoms with Crippen molar-refractivity contribution in [3.8, 4) is 0 Å². The first-order valence-corrected chi connectivity index (χ1v) is 8.65. The second-order valence-electron chi connectivity index (χ2n) is 7.16. The van der Waals surface area contributed by atoms with E-state index in [1.54, 1.807) is 0 Å².